The number of imidazole rings is 1. The molecule has 4 N–H and O–H groups in total. The Morgan fingerprint density at radius 2 is 2.22 bits per heavy atom. The topological polar surface area (TPSA) is 127 Å². The summed E-state index contributed by atoms with van der Waals surface area (Å²) in [5, 5.41) is 3.02. The third-order valence-electron chi connectivity index (χ3n) is 2.29. The van der Waals surface area contributed by atoms with Crippen molar-refractivity contribution in [2.75, 3.05) is 29.6 Å². The summed E-state index contributed by atoms with van der Waals surface area (Å²) in [6.45, 7) is 0.484. The fourth-order valence-electron chi connectivity index (χ4n) is 1.52. The molecule has 0 aliphatic heterocycles. The monoisotopic (exact) mass is 270 g/mol. The van der Waals surface area contributed by atoms with Gasteiger partial charge in [-0.3, -0.25) is 0 Å². The second-order valence-electron chi connectivity index (χ2n) is 3.94. The maximum atomic E-state index is 11.0. The molecule has 0 aliphatic carbocycles. The van der Waals surface area contributed by atoms with E-state index in [4.69, 9.17) is 5.73 Å². The van der Waals surface area contributed by atoms with Gasteiger partial charge >= 0.3 is 0 Å². The first kappa shape index (κ1) is 12.6. The molecule has 0 radical (unpaired) electrons. The predicted molar refractivity (Wildman–Crippen MR) is 68.9 cm³/mol. The molecule has 98 valence electrons. The lowest BCUT2D eigenvalue weighted by Crippen LogP contribution is -2.11. The molecule has 9 heteroatoms. The lowest BCUT2D eigenvalue weighted by molar-refractivity contribution is 0.600. The zero-order valence-electron chi connectivity index (χ0n) is 9.84. The molecule has 0 aliphatic rings. The molecule has 0 aromatic carbocycles. The minimum Gasteiger partial charge on any atom is -0.368 e. The van der Waals surface area contributed by atoms with E-state index in [0.717, 1.165) is 0 Å². The van der Waals surface area contributed by atoms with Gasteiger partial charge in [0.1, 0.15) is 15.4 Å². The van der Waals surface area contributed by atoms with Gasteiger partial charge in [0.2, 0.25) is 5.95 Å². The number of hydrogen-bond acceptors (Lipinski definition) is 7. The largest absolute Gasteiger partial charge is 0.368 e. The zero-order chi connectivity index (χ0) is 13.2. The molecule has 2 rings (SSSR count). The predicted octanol–water partition coefficient (Wildman–Crippen LogP) is -0.218. The third-order valence-corrected chi connectivity index (χ3v) is 3.32. The summed E-state index contributed by atoms with van der Waals surface area (Å²) in [5.41, 5.74) is 6.68. The maximum Gasteiger partial charge on any atom is 0.224 e. The van der Waals surface area contributed by atoms with E-state index >= 15 is 0 Å². The summed E-state index contributed by atoms with van der Waals surface area (Å²) >= 11 is 0. The number of nitrogens with zero attached hydrogens (tertiary/aromatic N) is 3. The van der Waals surface area contributed by atoms with Crippen molar-refractivity contribution < 1.29 is 8.42 Å². The SMILES string of the molecule is CS(=O)(=O)CCCNc1nc(N)nc2nc[nH]c12. The highest BCUT2D eigenvalue weighted by Crippen LogP contribution is 2.16. The molecule has 2 aromatic rings. The summed E-state index contributed by atoms with van der Waals surface area (Å²) in [4.78, 5) is 14.9. The van der Waals surface area contributed by atoms with Crippen LogP contribution in [-0.2, 0) is 9.84 Å². The van der Waals surface area contributed by atoms with Gasteiger partial charge in [-0.05, 0) is 6.42 Å². The van der Waals surface area contributed by atoms with Crippen LogP contribution in [0.2, 0.25) is 0 Å². The molecule has 0 unspecified atom stereocenters. The number of nitrogens with one attached hydrogen (secondary N) is 2. The van der Waals surface area contributed by atoms with E-state index in [1.165, 1.54) is 12.6 Å². The average molecular weight is 270 g/mol. The van der Waals surface area contributed by atoms with E-state index in [0.29, 0.717) is 29.9 Å². The Balaban J connectivity index is 2.05. The van der Waals surface area contributed by atoms with Crippen LogP contribution in [0.1, 0.15) is 6.42 Å². The normalized spacial score (nSPS) is 11.8. The van der Waals surface area contributed by atoms with Crippen LogP contribution in [0.5, 0.6) is 0 Å². The fourth-order valence-corrected chi connectivity index (χ4v) is 2.19. The number of rotatable bonds is 5. The highest BCUT2D eigenvalue weighted by atomic mass is 32.2. The van der Waals surface area contributed by atoms with Crippen molar-refractivity contribution in [1.82, 2.24) is 19.9 Å². The van der Waals surface area contributed by atoms with Gasteiger partial charge in [0, 0.05) is 12.8 Å². The second kappa shape index (κ2) is 4.77. The molecule has 0 fully saturated rings. The number of aromatic nitrogens is 4. The van der Waals surface area contributed by atoms with Crippen molar-refractivity contribution in [3.8, 4) is 0 Å². The Morgan fingerprint density at radius 3 is 2.94 bits per heavy atom. The van der Waals surface area contributed by atoms with E-state index in [2.05, 4.69) is 25.3 Å². The molecule has 8 nitrogen and oxygen atoms in total. The van der Waals surface area contributed by atoms with Crippen molar-refractivity contribution >= 4 is 32.8 Å². The first-order chi connectivity index (χ1) is 8.46. The van der Waals surface area contributed by atoms with E-state index in [9.17, 15) is 8.42 Å². The number of fused-ring (bicyclic) bond motifs is 1. The molecule has 0 saturated heterocycles. The standard InChI is InChI=1S/C9H14N6O2S/c1-18(16,17)4-2-3-11-7-6-8(13-5-12-6)15-9(10)14-7/h5H,2-4H2,1H3,(H4,10,11,12,13,14,15). The van der Waals surface area contributed by atoms with Gasteiger partial charge in [-0.15, -0.1) is 0 Å². The molecular formula is C9H14N6O2S. The lowest BCUT2D eigenvalue weighted by atomic mass is 10.4. The Kier molecular flexibility index (Phi) is 3.32. The van der Waals surface area contributed by atoms with E-state index in [-0.39, 0.29) is 11.7 Å². The maximum absolute atomic E-state index is 11.0. The first-order valence-electron chi connectivity index (χ1n) is 5.34. The number of H-pyrrole nitrogens is 1. The lowest BCUT2D eigenvalue weighted by Gasteiger charge is -2.06. The summed E-state index contributed by atoms with van der Waals surface area (Å²) in [6.07, 6.45) is 3.21. The first-order valence-corrected chi connectivity index (χ1v) is 7.40. The fraction of sp³-hybridized carbons (Fsp3) is 0.444. The van der Waals surface area contributed by atoms with Crippen LogP contribution < -0.4 is 11.1 Å². The molecule has 0 bridgehead atoms. The average Bonchev–Trinajstić information content (AvgIpc) is 2.70. The van der Waals surface area contributed by atoms with Crippen LogP contribution in [0.15, 0.2) is 6.33 Å². The number of aromatic amines is 1. The number of nitrogen functional groups attached to an aromatic ring is 1. The molecule has 0 atom stereocenters. The third kappa shape index (κ3) is 3.06. The quantitative estimate of drug-likeness (QED) is 0.641. The summed E-state index contributed by atoms with van der Waals surface area (Å²) in [6, 6.07) is 0. The van der Waals surface area contributed by atoms with Crippen LogP contribution in [0.3, 0.4) is 0 Å². The van der Waals surface area contributed by atoms with Gasteiger partial charge in [-0.1, -0.05) is 0 Å². The molecule has 2 aromatic heterocycles. The van der Waals surface area contributed by atoms with Crippen molar-refractivity contribution in [2.45, 2.75) is 6.42 Å². The number of sulfone groups is 1. The molecular weight excluding hydrogens is 256 g/mol. The van der Waals surface area contributed by atoms with Gasteiger partial charge < -0.3 is 16.0 Å². The number of anilines is 2. The Morgan fingerprint density at radius 1 is 1.44 bits per heavy atom. The van der Waals surface area contributed by atoms with Crippen molar-refractivity contribution in [3.63, 3.8) is 0 Å². The van der Waals surface area contributed by atoms with E-state index in [1.54, 1.807) is 0 Å². The highest BCUT2D eigenvalue weighted by Gasteiger charge is 2.08. The van der Waals surface area contributed by atoms with Gasteiger partial charge in [0.05, 0.1) is 12.1 Å². The van der Waals surface area contributed by atoms with Gasteiger partial charge in [0.15, 0.2) is 11.5 Å². The van der Waals surface area contributed by atoms with Gasteiger partial charge in [-0.25, -0.2) is 13.4 Å². The van der Waals surface area contributed by atoms with Crippen LogP contribution in [0, 0.1) is 0 Å². The van der Waals surface area contributed by atoms with Crippen molar-refractivity contribution in [1.29, 1.82) is 0 Å². The Bertz CT molecular complexity index is 650. The number of hydrogen-bond donors (Lipinski definition) is 3. The van der Waals surface area contributed by atoms with E-state index < -0.39 is 9.84 Å². The number of nitrogens with two attached hydrogens (primary N) is 1. The van der Waals surface area contributed by atoms with Gasteiger partial charge in [-0.2, -0.15) is 9.97 Å². The van der Waals surface area contributed by atoms with Crippen molar-refractivity contribution in [3.05, 3.63) is 6.33 Å². The highest BCUT2D eigenvalue weighted by molar-refractivity contribution is 7.90. The van der Waals surface area contributed by atoms with Crippen LogP contribution in [-0.4, -0.2) is 46.9 Å². The minimum absolute atomic E-state index is 0.125. The van der Waals surface area contributed by atoms with Crippen molar-refractivity contribution in [2.24, 2.45) is 0 Å². The van der Waals surface area contributed by atoms with Gasteiger partial charge in [0.25, 0.3) is 0 Å². The Labute approximate surface area is 104 Å². The summed E-state index contributed by atoms with van der Waals surface area (Å²) in [5.74, 6) is 0.788. The molecule has 0 spiro atoms. The smallest absolute Gasteiger partial charge is 0.224 e. The van der Waals surface area contributed by atoms with Crippen LogP contribution in [0.4, 0.5) is 11.8 Å². The Hall–Kier alpha value is -1.90. The van der Waals surface area contributed by atoms with E-state index in [1.807, 2.05) is 0 Å². The molecule has 0 amide bonds. The molecule has 2 heterocycles. The van der Waals surface area contributed by atoms with Crippen LogP contribution in [0.25, 0.3) is 11.2 Å². The zero-order valence-corrected chi connectivity index (χ0v) is 10.7. The summed E-state index contributed by atoms with van der Waals surface area (Å²) < 4.78 is 22.0. The molecule has 0 saturated carbocycles. The molecule has 18 heavy (non-hydrogen) atoms. The minimum atomic E-state index is -2.94. The second-order valence-corrected chi connectivity index (χ2v) is 6.20. The van der Waals surface area contributed by atoms with Crippen LogP contribution >= 0.6 is 0 Å². The summed E-state index contributed by atoms with van der Waals surface area (Å²) in [7, 11) is -2.94.